The van der Waals surface area contributed by atoms with Crippen LogP contribution in [0.2, 0.25) is 0 Å². The number of methoxy groups -OCH3 is 1. The van der Waals surface area contributed by atoms with Crippen molar-refractivity contribution >= 4 is 0 Å². The molecule has 0 radical (unpaired) electrons. The highest BCUT2D eigenvalue weighted by atomic mass is 16.5. The van der Waals surface area contributed by atoms with Crippen LogP contribution in [-0.4, -0.2) is 34.0 Å². The van der Waals surface area contributed by atoms with Gasteiger partial charge in [-0.15, -0.1) is 10.2 Å². The molecule has 0 saturated carbocycles. The van der Waals surface area contributed by atoms with E-state index in [-0.39, 0.29) is 6.10 Å². The van der Waals surface area contributed by atoms with E-state index in [9.17, 15) is 0 Å². The summed E-state index contributed by atoms with van der Waals surface area (Å²) >= 11 is 0. The van der Waals surface area contributed by atoms with Gasteiger partial charge in [-0.3, -0.25) is 0 Å². The Morgan fingerprint density at radius 2 is 2.25 bits per heavy atom. The smallest absolute Gasteiger partial charge is 0.133 e. The van der Waals surface area contributed by atoms with Crippen LogP contribution >= 0.6 is 0 Å². The fourth-order valence-electron chi connectivity index (χ4n) is 3.69. The first kappa shape index (κ1) is 15.4. The molecule has 24 heavy (non-hydrogen) atoms. The Hall–Kier alpha value is -2.08. The van der Waals surface area contributed by atoms with Gasteiger partial charge in [0, 0.05) is 43.1 Å². The van der Waals surface area contributed by atoms with E-state index in [2.05, 4.69) is 39.1 Å². The van der Waals surface area contributed by atoms with Crippen LogP contribution in [0.15, 0.2) is 12.1 Å². The SMILES string of the molecule is COc1cc2c(cc1CN[C@@H]1CCc3nnc(C)n3C1)O[C@@H](C)C2. The van der Waals surface area contributed by atoms with Crippen LogP contribution in [0.4, 0.5) is 0 Å². The summed E-state index contributed by atoms with van der Waals surface area (Å²) in [5.41, 5.74) is 2.39. The second-order valence-corrected chi connectivity index (χ2v) is 6.79. The maximum atomic E-state index is 5.89. The van der Waals surface area contributed by atoms with Crippen molar-refractivity contribution in [3.63, 3.8) is 0 Å². The third-order valence-corrected chi connectivity index (χ3v) is 5.01. The molecule has 6 heteroatoms. The summed E-state index contributed by atoms with van der Waals surface area (Å²) in [6, 6.07) is 4.67. The van der Waals surface area contributed by atoms with E-state index >= 15 is 0 Å². The molecule has 0 amide bonds. The highest BCUT2D eigenvalue weighted by Gasteiger charge is 2.24. The summed E-state index contributed by atoms with van der Waals surface area (Å²) in [4.78, 5) is 0. The monoisotopic (exact) mass is 328 g/mol. The predicted molar refractivity (Wildman–Crippen MR) is 90.5 cm³/mol. The molecule has 1 N–H and O–H groups in total. The number of fused-ring (bicyclic) bond motifs is 2. The van der Waals surface area contributed by atoms with Gasteiger partial charge < -0.3 is 19.4 Å². The van der Waals surface area contributed by atoms with Crippen molar-refractivity contribution in [2.45, 2.75) is 58.3 Å². The Labute approximate surface area is 142 Å². The van der Waals surface area contributed by atoms with Gasteiger partial charge in [0.15, 0.2) is 0 Å². The van der Waals surface area contributed by atoms with E-state index in [1.54, 1.807) is 7.11 Å². The van der Waals surface area contributed by atoms with E-state index < -0.39 is 0 Å². The molecular formula is C18H24N4O2. The lowest BCUT2D eigenvalue weighted by Crippen LogP contribution is -2.37. The van der Waals surface area contributed by atoms with Crippen LogP contribution in [0, 0.1) is 6.92 Å². The van der Waals surface area contributed by atoms with E-state index in [0.717, 1.165) is 61.1 Å². The molecule has 1 aromatic carbocycles. The summed E-state index contributed by atoms with van der Waals surface area (Å²) in [6.07, 6.45) is 3.26. The average molecular weight is 328 g/mol. The topological polar surface area (TPSA) is 61.2 Å². The minimum atomic E-state index is 0.251. The lowest BCUT2D eigenvalue weighted by Gasteiger charge is -2.25. The number of rotatable bonds is 4. The minimum Gasteiger partial charge on any atom is -0.496 e. The Kier molecular flexibility index (Phi) is 3.92. The lowest BCUT2D eigenvalue weighted by molar-refractivity contribution is 0.254. The molecule has 4 rings (SSSR count). The minimum absolute atomic E-state index is 0.251. The maximum Gasteiger partial charge on any atom is 0.133 e. The van der Waals surface area contributed by atoms with Gasteiger partial charge in [-0.25, -0.2) is 0 Å². The van der Waals surface area contributed by atoms with Crippen LogP contribution in [-0.2, 0) is 25.9 Å². The van der Waals surface area contributed by atoms with Crippen LogP contribution in [0.5, 0.6) is 11.5 Å². The van der Waals surface area contributed by atoms with E-state index in [1.165, 1.54) is 5.56 Å². The van der Waals surface area contributed by atoms with Crippen LogP contribution < -0.4 is 14.8 Å². The maximum absolute atomic E-state index is 5.89. The Morgan fingerprint density at radius 3 is 3.08 bits per heavy atom. The summed E-state index contributed by atoms with van der Waals surface area (Å²) < 4.78 is 13.7. The Morgan fingerprint density at radius 1 is 1.38 bits per heavy atom. The van der Waals surface area contributed by atoms with Gasteiger partial charge in [-0.1, -0.05) is 0 Å². The third kappa shape index (κ3) is 2.75. The molecule has 0 spiro atoms. The Bertz CT molecular complexity index is 756. The summed E-state index contributed by atoms with van der Waals surface area (Å²) in [5, 5.41) is 12.1. The van der Waals surface area contributed by atoms with Crippen molar-refractivity contribution < 1.29 is 9.47 Å². The van der Waals surface area contributed by atoms with Gasteiger partial charge in [-0.05, 0) is 32.4 Å². The van der Waals surface area contributed by atoms with Crippen LogP contribution in [0.1, 0.15) is 36.1 Å². The summed E-state index contributed by atoms with van der Waals surface area (Å²) in [5.74, 6) is 4.04. The first-order valence-corrected chi connectivity index (χ1v) is 8.62. The second kappa shape index (κ2) is 6.09. The summed E-state index contributed by atoms with van der Waals surface area (Å²) in [7, 11) is 1.73. The molecule has 0 fully saturated rings. The van der Waals surface area contributed by atoms with Crippen molar-refractivity contribution in [1.29, 1.82) is 0 Å². The fourth-order valence-corrected chi connectivity index (χ4v) is 3.69. The number of nitrogens with zero attached hydrogens (tertiary/aromatic N) is 3. The lowest BCUT2D eigenvalue weighted by atomic mass is 10.0. The van der Waals surface area contributed by atoms with Gasteiger partial charge in [0.2, 0.25) is 0 Å². The van der Waals surface area contributed by atoms with Crippen molar-refractivity contribution in [3.05, 3.63) is 34.9 Å². The van der Waals surface area contributed by atoms with E-state index in [1.807, 2.05) is 6.92 Å². The molecule has 2 atom stereocenters. The third-order valence-electron chi connectivity index (χ3n) is 5.01. The first-order chi connectivity index (χ1) is 11.6. The average Bonchev–Trinajstić information content (AvgIpc) is 3.13. The molecule has 128 valence electrons. The molecule has 0 bridgehead atoms. The number of benzene rings is 1. The molecular weight excluding hydrogens is 304 g/mol. The second-order valence-electron chi connectivity index (χ2n) is 6.79. The standard InChI is InChI=1S/C18H24N4O2/c1-11-6-13-7-16(23-3)14(8-17(13)24-11)9-19-15-4-5-18-21-20-12(2)22(18)10-15/h7-8,11,15,19H,4-6,9-10H2,1-3H3/t11-,15+/m0/s1. The van der Waals surface area contributed by atoms with Crippen molar-refractivity contribution in [3.8, 4) is 11.5 Å². The largest absolute Gasteiger partial charge is 0.496 e. The number of hydrogen-bond acceptors (Lipinski definition) is 5. The van der Waals surface area contributed by atoms with Crippen molar-refractivity contribution in [2.75, 3.05) is 7.11 Å². The quantitative estimate of drug-likeness (QED) is 0.930. The van der Waals surface area contributed by atoms with E-state index in [4.69, 9.17) is 9.47 Å². The molecule has 2 aromatic rings. The van der Waals surface area contributed by atoms with Gasteiger partial charge in [-0.2, -0.15) is 0 Å². The van der Waals surface area contributed by atoms with Crippen molar-refractivity contribution in [2.24, 2.45) is 0 Å². The normalized spacial score (nSPS) is 22.0. The van der Waals surface area contributed by atoms with Gasteiger partial charge in [0.1, 0.15) is 29.3 Å². The molecule has 2 aliphatic rings. The first-order valence-electron chi connectivity index (χ1n) is 8.62. The van der Waals surface area contributed by atoms with Gasteiger partial charge in [0.05, 0.1) is 7.11 Å². The van der Waals surface area contributed by atoms with Gasteiger partial charge in [0.25, 0.3) is 0 Å². The summed E-state index contributed by atoms with van der Waals surface area (Å²) in [6.45, 7) is 5.82. The fraction of sp³-hybridized carbons (Fsp3) is 0.556. The Balaban J connectivity index is 1.47. The number of hydrogen-bond donors (Lipinski definition) is 1. The zero-order valence-corrected chi connectivity index (χ0v) is 14.5. The molecule has 6 nitrogen and oxygen atoms in total. The number of ether oxygens (including phenoxy) is 2. The molecule has 2 aliphatic heterocycles. The molecule has 0 aliphatic carbocycles. The predicted octanol–water partition coefficient (Wildman–Crippen LogP) is 2.02. The van der Waals surface area contributed by atoms with Crippen molar-refractivity contribution in [1.82, 2.24) is 20.1 Å². The molecule has 0 unspecified atom stereocenters. The van der Waals surface area contributed by atoms with Crippen LogP contribution in [0.3, 0.4) is 0 Å². The molecule has 1 aromatic heterocycles. The zero-order valence-electron chi connectivity index (χ0n) is 14.5. The highest BCUT2D eigenvalue weighted by molar-refractivity contribution is 5.48. The number of aryl methyl sites for hydroxylation is 2. The molecule has 0 saturated heterocycles. The number of nitrogens with one attached hydrogen (secondary N) is 1. The number of aromatic nitrogens is 3. The zero-order chi connectivity index (χ0) is 16.7. The van der Waals surface area contributed by atoms with E-state index in [0.29, 0.717) is 6.04 Å². The highest BCUT2D eigenvalue weighted by Crippen LogP contribution is 2.35. The molecule has 3 heterocycles. The van der Waals surface area contributed by atoms with Gasteiger partial charge >= 0.3 is 0 Å². The van der Waals surface area contributed by atoms with Crippen LogP contribution in [0.25, 0.3) is 0 Å².